The SMILES string of the molecule is Cc1cc(C)nc(O[C@H](C(=O)OCCCCCCON(O)O)[C@](NCC(=O)CCc2c(F)cc(F)cc2F)(c2ccccc2)c2ccccc2C)n1. The molecule has 4 rings (SSSR count). The number of Topliss-reactive ketones (excluding diaryl/α,β-unsaturated/α-hetero) is 1. The first-order valence-electron chi connectivity index (χ1n) is 16.9. The minimum absolute atomic E-state index is 0.0196. The van der Waals surface area contributed by atoms with Crippen LogP contribution in [0.15, 0.2) is 72.8 Å². The molecule has 0 radical (unpaired) electrons. The lowest BCUT2D eigenvalue weighted by molar-refractivity contribution is -0.492. The zero-order chi connectivity index (χ0) is 37.7. The second-order valence-electron chi connectivity index (χ2n) is 12.3. The van der Waals surface area contributed by atoms with Gasteiger partial charge in [-0.05, 0) is 69.2 Å². The second kappa shape index (κ2) is 19.2. The van der Waals surface area contributed by atoms with Crippen molar-refractivity contribution in [3.8, 4) is 6.01 Å². The number of nitrogens with zero attached hydrogens (tertiary/aromatic N) is 3. The zero-order valence-corrected chi connectivity index (χ0v) is 29.3. The Morgan fingerprint density at radius 2 is 1.46 bits per heavy atom. The van der Waals surface area contributed by atoms with E-state index in [1.807, 2.05) is 19.1 Å². The predicted molar refractivity (Wildman–Crippen MR) is 183 cm³/mol. The molecule has 4 aromatic rings. The average molecular weight is 725 g/mol. The van der Waals surface area contributed by atoms with E-state index in [1.54, 1.807) is 62.4 Å². The fourth-order valence-electron chi connectivity index (χ4n) is 5.97. The molecule has 3 N–H and O–H groups in total. The van der Waals surface area contributed by atoms with Crippen molar-refractivity contribution in [1.29, 1.82) is 0 Å². The summed E-state index contributed by atoms with van der Waals surface area (Å²) in [4.78, 5) is 41.3. The van der Waals surface area contributed by atoms with Crippen LogP contribution in [0.3, 0.4) is 0 Å². The molecule has 0 aliphatic rings. The maximum atomic E-state index is 14.4. The first-order chi connectivity index (χ1) is 24.9. The van der Waals surface area contributed by atoms with E-state index in [4.69, 9.17) is 19.9 Å². The number of ether oxygens (including phenoxy) is 2. The van der Waals surface area contributed by atoms with Gasteiger partial charge in [-0.2, -0.15) is 0 Å². The maximum absolute atomic E-state index is 14.4. The summed E-state index contributed by atoms with van der Waals surface area (Å²) >= 11 is 0. The lowest BCUT2D eigenvalue weighted by Gasteiger charge is -2.41. The number of rotatable bonds is 20. The molecular weight excluding hydrogens is 681 g/mol. The highest BCUT2D eigenvalue weighted by Gasteiger charge is 2.50. The predicted octanol–water partition coefficient (Wildman–Crippen LogP) is 6.42. The molecule has 0 saturated carbocycles. The maximum Gasteiger partial charge on any atom is 0.350 e. The molecule has 1 aromatic heterocycles. The van der Waals surface area contributed by atoms with Crippen LogP contribution in [0, 0.1) is 38.2 Å². The molecule has 52 heavy (non-hydrogen) atoms. The summed E-state index contributed by atoms with van der Waals surface area (Å²) < 4.78 is 54.6. The Hall–Kier alpha value is -4.73. The summed E-state index contributed by atoms with van der Waals surface area (Å²) in [6.07, 6.45) is 0.197. The van der Waals surface area contributed by atoms with Crippen LogP contribution in [0.5, 0.6) is 6.01 Å². The van der Waals surface area contributed by atoms with Crippen LogP contribution < -0.4 is 10.1 Å². The van der Waals surface area contributed by atoms with Crippen molar-refractivity contribution >= 4 is 11.8 Å². The first-order valence-corrected chi connectivity index (χ1v) is 16.9. The summed E-state index contributed by atoms with van der Waals surface area (Å²) in [7, 11) is 0. The molecular formula is C38H43F3N4O7. The Balaban J connectivity index is 1.71. The Labute approximate surface area is 300 Å². The van der Waals surface area contributed by atoms with Crippen molar-refractivity contribution in [3.05, 3.63) is 124 Å². The van der Waals surface area contributed by atoms with Crippen LogP contribution in [0.2, 0.25) is 0 Å². The van der Waals surface area contributed by atoms with Crippen LogP contribution in [0.1, 0.15) is 65.7 Å². The lowest BCUT2D eigenvalue weighted by atomic mass is 9.76. The molecule has 3 aromatic carbocycles. The summed E-state index contributed by atoms with van der Waals surface area (Å²) in [5.41, 5.74) is 1.05. The van der Waals surface area contributed by atoms with Crippen molar-refractivity contribution in [3.63, 3.8) is 0 Å². The average Bonchev–Trinajstić information content (AvgIpc) is 3.09. The Morgan fingerprint density at radius 3 is 2.10 bits per heavy atom. The van der Waals surface area contributed by atoms with Gasteiger partial charge in [0.25, 0.3) is 0 Å². The minimum atomic E-state index is -1.59. The third-order valence-corrected chi connectivity index (χ3v) is 8.41. The summed E-state index contributed by atoms with van der Waals surface area (Å²) in [5.74, 6) is -4.45. The van der Waals surface area contributed by atoms with Crippen LogP contribution in [0.25, 0.3) is 0 Å². The van der Waals surface area contributed by atoms with Crippen molar-refractivity contribution in [2.24, 2.45) is 0 Å². The minimum Gasteiger partial charge on any atom is -0.463 e. The van der Waals surface area contributed by atoms with E-state index in [0.29, 0.717) is 60.3 Å². The van der Waals surface area contributed by atoms with E-state index in [1.165, 1.54) is 0 Å². The molecule has 0 unspecified atom stereocenters. The fraction of sp³-hybridized carbons (Fsp3) is 0.368. The van der Waals surface area contributed by atoms with Gasteiger partial charge in [-0.25, -0.2) is 27.9 Å². The van der Waals surface area contributed by atoms with E-state index >= 15 is 0 Å². The summed E-state index contributed by atoms with van der Waals surface area (Å²) in [6, 6.07) is 19.0. The monoisotopic (exact) mass is 724 g/mol. The third kappa shape index (κ3) is 10.9. The standard InChI is InChI=1S/C38H43F3N4O7/c1-25-13-9-10-16-32(25)38(28-14-7-6-8-15-28,42-24-30(46)17-18-31-33(40)22-29(39)23-34(31)41)35(52-37-43-26(2)21-27(3)44-37)36(47)50-19-11-4-5-12-20-51-45(48)49/h6-10,13-16,21-23,35,42,48-49H,4-5,11-12,17-20,24H2,1-3H3/t35-,38+/m1/s1. The number of nitrogens with one attached hydrogen (secondary N) is 1. The van der Waals surface area contributed by atoms with Crippen molar-refractivity contribution in [2.45, 2.75) is 70.9 Å². The molecule has 1 heterocycles. The normalized spacial score (nSPS) is 13.1. The summed E-state index contributed by atoms with van der Waals surface area (Å²) in [5, 5.41) is 20.3. The highest BCUT2D eigenvalue weighted by atomic mass is 19.1. The van der Waals surface area contributed by atoms with Crippen LogP contribution >= 0.6 is 0 Å². The van der Waals surface area contributed by atoms with Crippen molar-refractivity contribution in [2.75, 3.05) is 19.8 Å². The summed E-state index contributed by atoms with van der Waals surface area (Å²) in [6.45, 7) is 5.11. The Morgan fingerprint density at radius 1 is 0.846 bits per heavy atom. The van der Waals surface area contributed by atoms with Gasteiger partial charge in [0.15, 0.2) is 0 Å². The number of benzene rings is 3. The highest BCUT2D eigenvalue weighted by molar-refractivity contribution is 5.82. The van der Waals surface area contributed by atoms with Gasteiger partial charge < -0.3 is 9.47 Å². The number of hydrogen-bond acceptors (Lipinski definition) is 11. The Kier molecular flexibility index (Phi) is 14.8. The molecule has 0 spiro atoms. The smallest absolute Gasteiger partial charge is 0.350 e. The van der Waals surface area contributed by atoms with Crippen molar-refractivity contribution in [1.82, 2.24) is 20.7 Å². The molecule has 0 aliphatic carbocycles. The number of aryl methyl sites for hydroxylation is 3. The number of aromatic nitrogens is 2. The highest BCUT2D eigenvalue weighted by Crippen LogP contribution is 2.38. The van der Waals surface area contributed by atoms with E-state index in [9.17, 15) is 22.8 Å². The van der Waals surface area contributed by atoms with Gasteiger partial charge >= 0.3 is 12.0 Å². The van der Waals surface area contributed by atoms with E-state index < -0.39 is 46.4 Å². The van der Waals surface area contributed by atoms with E-state index in [2.05, 4.69) is 20.1 Å². The molecule has 0 fully saturated rings. The largest absolute Gasteiger partial charge is 0.463 e. The topological polar surface area (TPSA) is 143 Å². The van der Waals surface area contributed by atoms with Gasteiger partial charge in [0.1, 0.15) is 28.8 Å². The Bertz CT molecular complexity index is 1750. The lowest BCUT2D eigenvalue weighted by Crippen LogP contribution is -2.60. The first kappa shape index (κ1) is 40.0. The number of halogens is 3. The second-order valence-corrected chi connectivity index (χ2v) is 12.3. The molecule has 11 nitrogen and oxygen atoms in total. The van der Waals surface area contributed by atoms with Gasteiger partial charge in [-0.1, -0.05) is 61.0 Å². The number of carbonyl (C=O) groups is 2. The number of carbonyl (C=O) groups excluding carboxylic acids is 2. The number of unbranched alkanes of at least 4 members (excludes halogenated alkanes) is 3. The number of esters is 1. The molecule has 0 aliphatic heterocycles. The fourth-order valence-corrected chi connectivity index (χ4v) is 5.97. The van der Waals surface area contributed by atoms with Gasteiger partial charge in [0.05, 0.1) is 25.1 Å². The molecule has 0 bridgehead atoms. The number of ketones is 1. The quantitative estimate of drug-likeness (QED) is 0.0528. The zero-order valence-electron chi connectivity index (χ0n) is 29.3. The van der Waals surface area contributed by atoms with Crippen LogP contribution in [-0.4, -0.2) is 63.4 Å². The molecule has 0 saturated heterocycles. The van der Waals surface area contributed by atoms with Gasteiger partial charge in [-0.15, -0.1) is 0 Å². The molecule has 278 valence electrons. The van der Waals surface area contributed by atoms with Gasteiger partial charge in [-0.3, -0.25) is 25.4 Å². The molecule has 14 heteroatoms. The molecule has 0 amide bonds. The van der Waals surface area contributed by atoms with Crippen LogP contribution in [0.4, 0.5) is 13.2 Å². The van der Waals surface area contributed by atoms with Crippen molar-refractivity contribution < 1.29 is 47.5 Å². The van der Waals surface area contributed by atoms with E-state index in [-0.39, 0.29) is 44.0 Å². The van der Waals surface area contributed by atoms with Crippen LogP contribution in [-0.2, 0) is 31.1 Å². The molecule has 2 atom stereocenters. The number of hydrogen-bond donors (Lipinski definition) is 3. The van der Waals surface area contributed by atoms with Gasteiger partial charge in [0.2, 0.25) is 6.10 Å². The van der Waals surface area contributed by atoms with Gasteiger partial charge in [0, 0.05) is 35.5 Å². The third-order valence-electron chi connectivity index (χ3n) is 8.41. The van der Waals surface area contributed by atoms with E-state index in [0.717, 1.165) is 5.56 Å².